The van der Waals surface area contributed by atoms with E-state index in [9.17, 15) is 19.7 Å². The summed E-state index contributed by atoms with van der Waals surface area (Å²) in [5.74, 6) is -0.471. The number of hydrogen-bond acceptors (Lipinski definition) is 5. The maximum absolute atomic E-state index is 13.1. The smallest absolute Gasteiger partial charge is 0.291 e. The van der Waals surface area contributed by atoms with Gasteiger partial charge in [0.15, 0.2) is 5.43 Å². The van der Waals surface area contributed by atoms with Crippen molar-refractivity contribution in [1.29, 1.82) is 0 Å². The van der Waals surface area contributed by atoms with Crippen LogP contribution in [-0.4, -0.2) is 22.3 Å². The molecule has 2 aromatic carbocycles. The number of hydrogen-bond donors (Lipinski definition) is 0. The van der Waals surface area contributed by atoms with Gasteiger partial charge in [-0.2, -0.15) is 0 Å². The third kappa shape index (κ3) is 2.52. The Balaban J connectivity index is 2.01. The zero-order chi connectivity index (χ0) is 19.1. The lowest BCUT2D eigenvalue weighted by atomic mass is 9.98. The normalized spacial score (nSPS) is 15.8. The standard InChI is InChI=1S/C20H14N2O5/c1-2-10-21-17(12-6-5-7-13(11-12)22(25)26)16-18(23)14-8-3-4-9-15(14)27-19(16)20(21)24/h2-9,11,17H,1,10H2/t17-/m1/s1. The number of rotatable bonds is 4. The van der Waals surface area contributed by atoms with Crippen molar-refractivity contribution in [2.75, 3.05) is 6.54 Å². The minimum atomic E-state index is -0.772. The monoisotopic (exact) mass is 362 g/mol. The van der Waals surface area contributed by atoms with Crippen molar-refractivity contribution < 1.29 is 14.1 Å². The van der Waals surface area contributed by atoms with E-state index in [0.717, 1.165) is 0 Å². The second-order valence-corrected chi connectivity index (χ2v) is 6.17. The Morgan fingerprint density at radius 2 is 1.96 bits per heavy atom. The summed E-state index contributed by atoms with van der Waals surface area (Å²) in [6.07, 6.45) is 1.54. The molecular weight excluding hydrogens is 348 g/mol. The van der Waals surface area contributed by atoms with Crippen molar-refractivity contribution in [3.63, 3.8) is 0 Å². The summed E-state index contributed by atoms with van der Waals surface area (Å²) in [7, 11) is 0. The van der Waals surface area contributed by atoms with Crippen molar-refractivity contribution in [3.05, 3.63) is 98.4 Å². The molecule has 134 valence electrons. The van der Waals surface area contributed by atoms with Gasteiger partial charge in [-0.3, -0.25) is 19.7 Å². The molecule has 7 heteroatoms. The number of nitro benzene ring substituents is 1. The number of fused-ring (bicyclic) bond motifs is 2. The van der Waals surface area contributed by atoms with E-state index in [1.807, 2.05) is 0 Å². The van der Waals surface area contributed by atoms with Gasteiger partial charge in [0.05, 0.1) is 21.9 Å². The molecule has 1 aromatic heterocycles. The van der Waals surface area contributed by atoms with Crippen LogP contribution in [0.1, 0.15) is 27.7 Å². The molecule has 4 rings (SSSR count). The lowest BCUT2D eigenvalue weighted by molar-refractivity contribution is -0.384. The second-order valence-electron chi connectivity index (χ2n) is 6.17. The number of nitrogens with zero attached hydrogens (tertiary/aromatic N) is 2. The van der Waals surface area contributed by atoms with Gasteiger partial charge in [0, 0.05) is 18.7 Å². The maximum Gasteiger partial charge on any atom is 0.291 e. The highest BCUT2D eigenvalue weighted by Crippen LogP contribution is 2.38. The molecule has 1 atom stereocenters. The Morgan fingerprint density at radius 1 is 1.19 bits per heavy atom. The van der Waals surface area contributed by atoms with E-state index in [1.54, 1.807) is 36.4 Å². The Morgan fingerprint density at radius 3 is 2.70 bits per heavy atom. The van der Waals surface area contributed by atoms with Gasteiger partial charge in [-0.05, 0) is 17.7 Å². The lowest BCUT2D eigenvalue weighted by Crippen LogP contribution is -2.29. The Labute approximate surface area is 153 Å². The van der Waals surface area contributed by atoms with Crippen LogP contribution < -0.4 is 5.43 Å². The van der Waals surface area contributed by atoms with E-state index < -0.39 is 16.9 Å². The lowest BCUT2D eigenvalue weighted by Gasteiger charge is -2.23. The zero-order valence-corrected chi connectivity index (χ0v) is 14.1. The number of nitro groups is 1. The highest BCUT2D eigenvalue weighted by molar-refractivity contribution is 5.99. The van der Waals surface area contributed by atoms with E-state index in [2.05, 4.69) is 6.58 Å². The van der Waals surface area contributed by atoms with Gasteiger partial charge in [-0.15, -0.1) is 6.58 Å². The van der Waals surface area contributed by atoms with E-state index in [0.29, 0.717) is 16.5 Å². The predicted molar refractivity (Wildman–Crippen MR) is 98.7 cm³/mol. The highest BCUT2D eigenvalue weighted by Gasteiger charge is 2.42. The van der Waals surface area contributed by atoms with Crippen molar-refractivity contribution >= 4 is 22.6 Å². The molecule has 0 bridgehead atoms. The molecule has 0 saturated carbocycles. The van der Waals surface area contributed by atoms with Crippen LogP contribution in [-0.2, 0) is 0 Å². The molecule has 27 heavy (non-hydrogen) atoms. The van der Waals surface area contributed by atoms with E-state index in [-0.39, 0.29) is 29.0 Å². The summed E-state index contributed by atoms with van der Waals surface area (Å²) in [5, 5.41) is 11.5. The number of carbonyl (C=O) groups is 1. The van der Waals surface area contributed by atoms with E-state index in [4.69, 9.17) is 4.42 Å². The van der Waals surface area contributed by atoms with Crippen LogP contribution >= 0.6 is 0 Å². The molecule has 0 spiro atoms. The molecule has 0 unspecified atom stereocenters. The first-order chi connectivity index (χ1) is 13.0. The van der Waals surface area contributed by atoms with Crippen molar-refractivity contribution in [2.45, 2.75) is 6.04 Å². The average Bonchev–Trinajstić information content (AvgIpc) is 2.95. The number of non-ortho nitro benzene ring substituents is 1. The molecule has 1 amide bonds. The molecule has 3 aromatic rings. The predicted octanol–water partition coefficient (Wildman–Crippen LogP) is 3.43. The summed E-state index contributed by atoms with van der Waals surface area (Å²) in [6, 6.07) is 11.8. The fraction of sp³-hybridized carbons (Fsp3) is 0.100. The third-order valence-electron chi connectivity index (χ3n) is 4.60. The molecule has 1 aliphatic rings. The van der Waals surface area contributed by atoms with Crippen LogP contribution in [0, 0.1) is 10.1 Å². The van der Waals surface area contributed by atoms with Gasteiger partial charge in [0.25, 0.3) is 11.6 Å². The average molecular weight is 362 g/mol. The molecule has 2 heterocycles. The molecule has 0 N–H and O–H groups in total. The van der Waals surface area contributed by atoms with Crippen LogP contribution in [0.15, 0.2) is 70.4 Å². The first-order valence-electron chi connectivity index (χ1n) is 8.25. The molecule has 7 nitrogen and oxygen atoms in total. The van der Waals surface area contributed by atoms with Crippen LogP contribution in [0.3, 0.4) is 0 Å². The van der Waals surface area contributed by atoms with Gasteiger partial charge in [-0.25, -0.2) is 0 Å². The molecular formula is C20H14N2O5. The fourth-order valence-corrected chi connectivity index (χ4v) is 3.45. The number of amides is 1. The van der Waals surface area contributed by atoms with Crippen LogP contribution in [0.4, 0.5) is 5.69 Å². The van der Waals surface area contributed by atoms with Crippen molar-refractivity contribution in [1.82, 2.24) is 4.90 Å². The summed E-state index contributed by atoms with van der Waals surface area (Å²) in [5.41, 5.74) is 0.565. The van der Waals surface area contributed by atoms with E-state index >= 15 is 0 Å². The topological polar surface area (TPSA) is 93.7 Å². The minimum Gasteiger partial charge on any atom is -0.450 e. The largest absolute Gasteiger partial charge is 0.450 e. The Bertz CT molecular complexity index is 1160. The molecule has 0 saturated heterocycles. The fourth-order valence-electron chi connectivity index (χ4n) is 3.45. The first-order valence-corrected chi connectivity index (χ1v) is 8.25. The quantitative estimate of drug-likeness (QED) is 0.403. The van der Waals surface area contributed by atoms with Gasteiger partial charge < -0.3 is 9.32 Å². The van der Waals surface area contributed by atoms with Gasteiger partial charge >= 0.3 is 0 Å². The van der Waals surface area contributed by atoms with Gasteiger partial charge in [0.2, 0.25) is 5.76 Å². The summed E-state index contributed by atoms with van der Waals surface area (Å²) in [6.45, 7) is 3.83. The van der Waals surface area contributed by atoms with Gasteiger partial charge in [-0.1, -0.05) is 30.3 Å². The van der Waals surface area contributed by atoms with E-state index in [1.165, 1.54) is 23.1 Å². The maximum atomic E-state index is 13.1. The van der Waals surface area contributed by atoms with Crippen molar-refractivity contribution in [3.8, 4) is 0 Å². The van der Waals surface area contributed by atoms with Crippen LogP contribution in [0.25, 0.3) is 11.0 Å². The third-order valence-corrected chi connectivity index (χ3v) is 4.60. The number of benzene rings is 2. The van der Waals surface area contributed by atoms with Crippen molar-refractivity contribution in [2.24, 2.45) is 0 Å². The van der Waals surface area contributed by atoms with Crippen LogP contribution in [0.5, 0.6) is 0 Å². The summed E-state index contributed by atoms with van der Waals surface area (Å²) < 4.78 is 5.74. The minimum absolute atomic E-state index is 0.0305. The summed E-state index contributed by atoms with van der Waals surface area (Å²) in [4.78, 5) is 38.1. The molecule has 0 aliphatic carbocycles. The zero-order valence-electron chi connectivity index (χ0n) is 14.1. The summed E-state index contributed by atoms with van der Waals surface area (Å²) >= 11 is 0. The second kappa shape index (κ2) is 6.21. The SMILES string of the molecule is C=CCN1C(=O)c2oc3ccccc3c(=O)c2[C@H]1c1cccc([N+](=O)[O-])c1. The Kier molecular flexibility index (Phi) is 3.84. The highest BCUT2D eigenvalue weighted by atomic mass is 16.6. The number of para-hydroxylation sites is 1. The Hall–Kier alpha value is -3.74. The van der Waals surface area contributed by atoms with Crippen LogP contribution in [0.2, 0.25) is 0 Å². The molecule has 1 aliphatic heterocycles. The van der Waals surface area contributed by atoms with Gasteiger partial charge in [0.1, 0.15) is 5.58 Å². The molecule has 0 fully saturated rings. The first kappa shape index (κ1) is 16.7. The molecule has 0 radical (unpaired) electrons. The number of carbonyl (C=O) groups excluding carboxylic acids is 1.